The highest BCUT2D eigenvalue weighted by Gasteiger charge is 2.09. The van der Waals surface area contributed by atoms with Crippen molar-refractivity contribution in [3.63, 3.8) is 0 Å². The Morgan fingerprint density at radius 2 is 1.77 bits per heavy atom. The monoisotopic (exact) mass is 185 g/mol. The number of nitrogens with one attached hydrogen (secondary N) is 1. The molecular weight excluding hydrogens is 162 g/mol. The first kappa shape index (κ1) is 11.0. The maximum atomic E-state index is 3.38. The topological polar surface area (TPSA) is 18.5 Å². The molecule has 0 aromatic rings. The van der Waals surface area contributed by atoms with E-state index in [9.17, 15) is 0 Å². The molecule has 1 fully saturated rings. The van der Waals surface area contributed by atoms with E-state index in [1.54, 1.807) is 0 Å². The Labute approximate surface area is 82.1 Å². The summed E-state index contributed by atoms with van der Waals surface area (Å²) in [6, 6.07) is 0. The Morgan fingerprint density at radius 3 is 2.31 bits per heavy atom. The second-order valence-corrected chi connectivity index (χ2v) is 3.62. The quantitative estimate of drug-likeness (QED) is 0.661. The number of hydrogen-bond donors (Lipinski definition) is 1. The van der Waals surface area contributed by atoms with Gasteiger partial charge in [0.15, 0.2) is 0 Å². The molecule has 0 radical (unpaired) electrons. The fraction of sp³-hybridized carbons (Fsp3) is 1.00. The molecule has 1 aliphatic heterocycles. The number of piperazine rings is 1. The Hall–Kier alpha value is -0.120. The van der Waals surface area contributed by atoms with Crippen LogP contribution in [0.4, 0.5) is 0 Å². The number of hydrogen-bond acceptors (Lipinski definition) is 3. The van der Waals surface area contributed by atoms with Gasteiger partial charge in [0.05, 0.1) is 0 Å². The van der Waals surface area contributed by atoms with Crippen LogP contribution in [0.5, 0.6) is 0 Å². The van der Waals surface area contributed by atoms with E-state index in [0.717, 1.165) is 13.1 Å². The molecular formula is C10H23N3. The van der Waals surface area contributed by atoms with Crippen LogP contribution >= 0.6 is 0 Å². The molecule has 0 aromatic carbocycles. The zero-order chi connectivity index (χ0) is 9.52. The van der Waals surface area contributed by atoms with E-state index >= 15 is 0 Å². The first-order valence-corrected chi connectivity index (χ1v) is 5.52. The van der Waals surface area contributed by atoms with Gasteiger partial charge < -0.3 is 10.2 Å². The highest BCUT2D eigenvalue weighted by Crippen LogP contribution is 1.94. The van der Waals surface area contributed by atoms with Gasteiger partial charge in [0, 0.05) is 39.3 Å². The van der Waals surface area contributed by atoms with Gasteiger partial charge in [-0.15, -0.1) is 0 Å². The molecule has 78 valence electrons. The fourth-order valence-corrected chi connectivity index (χ4v) is 1.76. The second-order valence-electron chi connectivity index (χ2n) is 3.62. The van der Waals surface area contributed by atoms with E-state index in [1.165, 1.54) is 39.3 Å². The number of nitrogens with zero attached hydrogens (tertiary/aromatic N) is 2. The molecule has 3 nitrogen and oxygen atoms in total. The van der Waals surface area contributed by atoms with Gasteiger partial charge in [0.1, 0.15) is 0 Å². The standard InChI is InChI=1S/C10H23N3/c1-3-12(4-2)9-10-13-7-5-11-6-8-13/h11H,3-10H2,1-2H3. The molecule has 1 heterocycles. The maximum absolute atomic E-state index is 3.38. The number of likely N-dealkylation sites (N-methyl/N-ethyl adjacent to an activating group) is 1. The van der Waals surface area contributed by atoms with E-state index in [4.69, 9.17) is 0 Å². The van der Waals surface area contributed by atoms with Gasteiger partial charge >= 0.3 is 0 Å². The molecule has 1 rings (SSSR count). The lowest BCUT2D eigenvalue weighted by Gasteiger charge is -2.29. The third-order valence-electron chi connectivity index (χ3n) is 2.84. The van der Waals surface area contributed by atoms with Crippen LogP contribution in [0.15, 0.2) is 0 Å². The molecule has 1 saturated heterocycles. The van der Waals surface area contributed by atoms with Crippen molar-refractivity contribution in [3.8, 4) is 0 Å². The summed E-state index contributed by atoms with van der Waals surface area (Å²) in [6.07, 6.45) is 0. The third-order valence-corrected chi connectivity index (χ3v) is 2.84. The predicted octanol–water partition coefficient (Wildman–Crippen LogP) is 0.233. The van der Waals surface area contributed by atoms with Crippen molar-refractivity contribution in [1.82, 2.24) is 15.1 Å². The van der Waals surface area contributed by atoms with E-state index in [1.807, 2.05) is 0 Å². The molecule has 1 aliphatic rings. The van der Waals surface area contributed by atoms with E-state index in [0.29, 0.717) is 0 Å². The van der Waals surface area contributed by atoms with Crippen LogP contribution in [-0.2, 0) is 0 Å². The minimum absolute atomic E-state index is 1.16. The lowest BCUT2D eigenvalue weighted by molar-refractivity contribution is 0.197. The van der Waals surface area contributed by atoms with Crippen LogP contribution in [0.25, 0.3) is 0 Å². The average Bonchev–Trinajstić information content (AvgIpc) is 2.21. The van der Waals surface area contributed by atoms with Gasteiger partial charge in [-0.05, 0) is 13.1 Å². The van der Waals surface area contributed by atoms with Crippen molar-refractivity contribution in [2.75, 3.05) is 52.4 Å². The first-order chi connectivity index (χ1) is 6.36. The molecule has 0 unspecified atom stereocenters. The van der Waals surface area contributed by atoms with Crippen molar-refractivity contribution in [2.24, 2.45) is 0 Å². The maximum Gasteiger partial charge on any atom is 0.0110 e. The summed E-state index contributed by atoms with van der Waals surface area (Å²) in [5.41, 5.74) is 0. The summed E-state index contributed by atoms with van der Waals surface area (Å²) in [5, 5.41) is 3.38. The van der Waals surface area contributed by atoms with Gasteiger partial charge in [-0.2, -0.15) is 0 Å². The van der Waals surface area contributed by atoms with E-state index in [-0.39, 0.29) is 0 Å². The molecule has 0 amide bonds. The van der Waals surface area contributed by atoms with Crippen molar-refractivity contribution >= 4 is 0 Å². The molecule has 3 heteroatoms. The number of rotatable bonds is 5. The summed E-state index contributed by atoms with van der Waals surface area (Å²) in [7, 11) is 0. The van der Waals surface area contributed by atoms with Crippen molar-refractivity contribution in [3.05, 3.63) is 0 Å². The summed E-state index contributed by atoms with van der Waals surface area (Å²) < 4.78 is 0. The molecule has 0 spiro atoms. The summed E-state index contributed by atoms with van der Waals surface area (Å²) in [6.45, 7) is 14.1. The Balaban J connectivity index is 2.09. The minimum Gasteiger partial charge on any atom is -0.314 e. The van der Waals surface area contributed by atoms with Crippen molar-refractivity contribution in [1.29, 1.82) is 0 Å². The first-order valence-electron chi connectivity index (χ1n) is 5.52. The molecule has 0 atom stereocenters. The van der Waals surface area contributed by atoms with Gasteiger partial charge in [0.25, 0.3) is 0 Å². The highest BCUT2D eigenvalue weighted by molar-refractivity contribution is 4.68. The molecule has 0 bridgehead atoms. The molecule has 1 N–H and O–H groups in total. The van der Waals surface area contributed by atoms with E-state index in [2.05, 4.69) is 29.0 Å². The molecule has 0 saturated carbocycles. The SMILES string of the molecule is CCN(CC)CCN1CCNCC1. The summed E-state index contributed by atoms with van der Waals surface area (Å²) in [4.78, 5) is 5.04. The lowest BCUT2D eigenvalue weighted by Crippen LogP contribution is -2.46. The molecule has 0 aliphatic carbocycles. The largest absolute Gasteiger partial charge is 0.314 e. The Bertz CT molecular complexity index is 117. The van der Waals surface area contributed by atoms with Crippen LogP contribution in [0, 0.1) is 0 Å². The highest BCUT2D eigenvalue weighted by atomic mass is 15.2. The van der Waals surface area contributed by atoms with Gasteiger partial charge in [-0.1, -0.05) is 13.8 Å². The zero-order valence-corrected chi connectivity index (χ0v) is 9.05. The lowest BCUT2D eigenvalue weighted by atomic mass is 10.3. The van der Waals surface area contributed by atoms with Gasteiger partial charge in [-0.3, -0.25) is 4.90 Å². The Kier molecular flexibility index (Phi) is 5.35. The fourth-order valence-electron chi connectivity index (χ4n) is 1.76. The van der Waals surface area contributed by atoms with Crippen molar-refractivity contribution < 1.29 is 0 Å². The smallest absolute Gasteiger partial charge is 0.0110 e. The molecule has 13 heavy (non-hydrogen) atoms. The van der Waals surface area contributed by atoms with E-state index < -0.39 is 0 Å². The Morgan fingerprint density at radius 1 is 1.15 bits per heavy atom. The summed E-state index contributed by atoms with van der Waals surface area (Å²) in [5.74, 6) is 0. The zero-order valence-electron chi connectivity index (χ0n) is 9.05. The predicted molar refractivity (Wildman–Crippen MR) is 57.1 cm³/mol. The van der Waals surface area contributed by atoms with Crippen molar-refractivity contribution in [2.45, 2.75) is 13.8 Å². The van der Waals surface area contributed by atoms with Crippen LogP contribution in [0.1, 0.15) is 13.8 Å². The van der Waals surface area contributed by atoms with Gasteiger partial charge in [0.2, 0.25) is 0 Å². The normalized spacial score (nSPS) is 19.6. The minimum atomic E-state index is 1.16. The second kappa shape index (κ2) is 6.35. The van der Waals surface area contributed by atoms with Crippen LogP contribution in [-0.4, -0.2) is 62.2 Å². The van der Waals surface area contributed by atoms with Crippen LogP contribution in [0.2, 0.25) is 0 Å². The van der Waals surface area contributed by atoms with Gasteiger partial charge in [-0.25, -0.2) is 0 Å². The van der Waals surface area contributed by atoms with Crippen LogP contribution < -0.4 is 5.32 Å². The van der Waals surface area contributed by atoms with Crippen LogP contribution in [0.3, 0.4) is 0 Å². The summed E-state index contributed by atoms with van der Waals surface area (Å²) >= 11 is 0. The third kappa shape index (κ3) is 4.07. The average molecular weight is 185 g/mol. The molecule has 0 aromatic heterocycles.